The maximum atomic E-state index is 13.0. The molecule has 0 bridgehead atoms. The van der Waals surface area contributed by atoms with Crippen LogP contribution in [-0.2, 0) is 4.79 Å². The molecule has 164 valence electrons. The van der Waals surface area contributed by atoms with Crippen LogP contribution in [0.4, 0.5) is 4.39 Å². The second-order valence-corrected chi connectivity index (χ2v) is 8.19. The topological polar surface area (TPSA) is 77.2 Å². The van der Waals surface area contributed by atoms with E-state index in [-0.39, 0.29) is 34.6 Å². The fraction of sp³-hybridized carbons (Fsp3) is 0.208. The number of hydrogen-bond donors (Lipinski definition) is 1. The molecule has 1 aromatic heterocycles. The summed E-state index contributed by atoms with van der Waals surface area (Å²) in [6, 6.07) is 19.7. The molecule has 0 aliphatic rings. The molecule has 0 saturated heterocycles. The van der Waals surface area contributed by atoms with E-state index in [2.05, 4.69) is 33.7 Å². The fourth-order valence-corrected chi connectivity index (χ4v) is 3.91. The summed E-state index contributed by atoms with van der Waals surface area (Å²) in [5.74, 6) is 0.444. The van der Waals surface area contributed by atoms with Crippen molar-refractivity contribution in [3.05, 3.63) is 84.0 Å². The number of thioether (sulfide) groups is 1. The highest BCUT2D eigenvalue weighted by atomic mass is 32.2. The van der Waals surface area contributed by atoms with Crippen LogP contribution in [0.3, 0.4) is 0 Å². The van der Waals surface area contributed by atoms with Crippen molar-refractivity contribution in [1.82, 2.24) is 15.5 Å². The number of amides is 1. The highest BCUT2D eigenvalue weighted by Gasteiger charge is 2.18. The van der Waals surface area contributed by atoms with Crippen LogP contribution in [0.25, 0.3) is 10.8 Å². The van der Waals surface area contributed by atoms with Crippen LogP contribution in [0.15, 0.2) is 76.4 Å². The van der Waals surface area contributed by atoms with Gasteiger partial charge in [-0.3, -0.25) is 4.79 Å². The van der Waals surface area contributed by atoms with E-state index in [0.717, 1.165) is 28.1 Å². The normalized spacial score (nSPS) is 13.0. The first-order valence-corrected chi connectivity index (χ1v) is 11.1. The number of benzene rings is 3. The number of aromatic nitrogens is 2. The van der Waals surface area contributed by atoms with Gasteiger partial charge < -0.3 is 14.5 Å². The van der Waals surface area contributed by atoms with Crippen molar-refractivity contribution in [3.63, 3.8) is 0 Å². The number of fused-ring (bicyclic) bond motifs is 1. The molecule has 1 N–H and O–H groups in total. The Kier molecular flexibility index (Phi) is 6.70. The first-order valence-electron chi connectivity index (χ1n) is 10.1. The minimum absolute atomic E-state index is 0.134. The Bertz CT molecular complexity index is 1210. The number of nitrogens with zero attached hydrogens (tertiary/aromatic N) is 2. The molecular formula is C24H22FN3O3S. The van der Waals surface area contributed by atoms with Crippen molar-refractivity contribution in [2.24, 2.45) is 0 Å². The first-order chi connectivity index (χ1) is 15.5. The summed E-state index contributed by atoms with van der Waals surface area (Å²) < 4.78 is 24.3. The Balaban J connectivity index is 1.31. The highest BCUT2D eigenvalue weighted by Crippen LogP contribution is 2.26. The van der Waals surface area contributed by atoms with E-state index in [1.54, 1.807) is 6.92 Å². The molecule has 32 heavy (non-hydrogen) atoms. The molecule has 8 heteroatoms. The molecule has 0 saturated carbocycles. The van der Waals surface area contributed by atoms with Gasteiger partial charge in [-0.15, -0.1) is 10.2 Å². The van der Waals surface area contributed by atoms with E-state index in [9.17, 15) is 9.18 Å². The van der Waals surface area contributed by atoms with Crippen LogP contribution in [0, 0.1) is 5.82 Å². The third-order valence-corrected chi connectivity index (χ3v) is 5.71. The van der Waals surface area contributed by atoms with Gasteiger partial charge in [0.1, 0.15) is 11.6 Å². The minimum atomic E-state index is -0.512. The molecule has 0 aliphatic carbocycles. The number of carbonyl (C=O) groups excluding carboxylic acids is 1. The summed E-state index contributed by atoms with van der Waals surface area (Å²) in [5, 5.41) is 13.5. The third kappa shape index (κ3) is 5.26. The van der Waals surface area contributed by atoms with Gasteiger partial charge in [-0.05, 0) is 54.4 Å². The van der Waals surface area contributed by atoms with Gasteiger partial charge >= 0.3 is 0 Å². The van der Waals surface area contributed by atoms with Gasteiger partial charge in [-0.25, -0.2) is 4.39 Å². The number of ether oxygens (including phenoxy) is 1. The molecule has 6 nitrogen and oxygen atoms in total. The lowest BCUT2D eigenvalue weighted by Crippen LogP contribution is -2.28. The SMILES string of the molecule is C[C@H](Oc1ccc(F)cc1)c1nnc(SCC(=O)N[C@H](C)c2cccc3ccccc23)o1. The number of hydrogen-bond acceptors (Lipinski definition) is 6. The summed E-state index contributed by atoms with van der Waals surface area (Å²) >= 11 is 1.16. The Morgan fingerprint density at radius 2 is 1.81 bits per heavy atom. The summed E-state index contributed by atoms with van der Waals surface area (Å²) in [6.45, 7) is 3.72. The van der Waals surface area contributed by atoms with Crippen LogP contribution in [0.1, 0.15) is 37.4 Å². The third-order valence-electron chi connectivity index (χ3n) is 4.89. The minimum Gasteiger partial charge on any atom is -0.481 e. The number of carbonyl (C=O) groups is 1. The van der Waals surface area contributed by atoms with Gasteiger partial charge in [0.05, 0.1) is 11.8 Å². The summed E-state index contributed by atoms with van der Waals surface area (Å²) in [7, 11) is 0. The number of rotatable bonds is 8. The summed E-state index contributed by atoms with van der Waals surface area (Å²) in [6.07, 6.45) is -0.512. The number of halogens is 1. The molecule has 0 radical (unpaired) electrons. The van der Waals surface area contributed by atoms with E-state index >= 15 is 0 Å². The zero-order chi connectivity index (χ0) is 22.5. The van der Waals surface area contributed by atoms with Crippen molar-refractivity contribution in [2.45, 2.75) is 31.2 Å². The van der Waals surface area contributed by atoms with E-state index in [1.807, 2.05) is 31.2 Å². The van der Waals surface area contributed by atoms with Gasteiger partial charge in [0.15, 0.2) is 6.10 Å². The van der Waals surface area contributed by atoms with Gasteiger partial charge in [0.25, 0.3) is 11.1 Å². The smallest absolute Gasteiger partial charge is 0.277 e. The van der Waals surface area contributed by atoms with Crippen LogP contribution in [0.2, 0.25) is 0 Å². The van der Waals surface area contributed by atoms with E-state index in [0.29, 0.717) is 5.75 Å². The van der Waals surface area contributed by atoms with E-state index in [1.165, 1.54) is 24.3 Å². The van der Waals surface area contributed by atoms with Crippen molar-refractivity contribution >= 4 is 28.4 Å². The molecule has 1 amide bonds. The first kappa shape index (κ1) is 21.8. The predicted molar refractivity (Wildman–Crippen MR) is 121 cm³/mol. The van der Waals surface area contributed by atoms with Crippen LogP contribution in [-0.4, -0.2) is 21.9 Å². The van der Waals surface area contributed by atoms with Crippen molar-refractivity contribution in [3.8, 4) is 5.75 Å². The number of nitrogens with one attached hydrogen (secondary N) is 1. The standard InChI is InChI=1S/C24H22FN3O3S/c1-15(20-9-5-7-17-6-3-4-8-21(17)20)26-22(29)14-32-24-28-27-23(31-24)16(2)30-19-12-10-18(25)11-13-19/h3-13,15-16H,14H2,1-2H3,(H,26,29)/t15-,16+/m1/s1. The van der Waals surface area contributed by atoms with Crippen molar-refractivity contribution < 1.29 is 18.3 Å². The fourth-order valence-electron chi connectivity index (χ4n) is 3.33. The van der Waals surface area contributed by atoms with Crippen LogP contribution in [0.5, 0.6) is 5.75 Å². The monoisotopic (exact) mass is 451 g/mol. The largest absolute Gasteiger partial charge is 0.481 e. The Hall–Kier alpha value is -3.39. The Morgan fingerprint density at radius 3 is 2.62 bits per heavy atom. The van der Waals surface area contributed by atoms with Gasteiger partial charge in [-0.2, -0.15) is 0 Å². The predicted octanol–water partition coefficient (Wildman–Crippen LogP) is 5.47. The molecule has 4 rings (SSSR count). The molecule has 2 atom stereocenters. The van der Waals surface area contributed by atoms with Gasteiger partial charge in [0.2, 0.25) is 5.91 Å². The summed E-state index contributed by atoms with van der Waals surface area (Å²) in [4.78, 5) is 12.5. The van der Waals surface area contributed by atoms with E-state index < -0.39 is 6.10 Å². The van der Waals surface area contributed by atoms with E-state index in [4.69, 9.17) is 9.15 Å². The Morgan fingerprint density at radius 1 is 1.06 bits per heavy atom. The quantitative estimate of drug-likeness (QED) is 0.358. The van der Waals surface area contributed by atoms with Gasteiger partial charge in [-0.1, -0.05) is 54.2 Å². The molecule has 0 fully saturated rings. The zero-order valence-corrected chi connectivity index (χ0v) is 18.4. The molecule has 0 aliphatic heterocycles. The van der Waals surface area contributed by atoms with Crippen LogP contribution < -0.4 is 10.1 Å². The van der Waals surface area contributed by atoms with Crippen LogP contribution >= 0.6 is 11.8 Å². The lowest BCUT2D eigenvalue weighted by molar-refractivity contribution is -0.119. The molecule has 0 spiro atoms. The average molecular weight is 452 g/mol. The highest BCUT2D eigenvalue weighted by molar-refractivity contribution is 7.99. The second-order valence-electron chi connectivity index (χ2n) is 7.27. The second kappa shape index (κ2) is 9.82. The molecule has 0 unspecified atom stereocenters. The average Bonchev–Trinajstić information content (AvgIpc) is 3.28. The molecular weight excluding hydrogens is 429 g/mol. The Labute approximate surface area is 189 Å². The lowest BCUT2D eigenvalue weighted by atomic mass is 10.00. The lowest BCUT2D eigenvalue weighted by Gasteiger charge is -2.16. The van der Waals surface area contributed by atoms with Gasteiger partial charge in [0, 0.05) is 0 Å². The van der Waals surface area contributed by atoms with Crippen molar-refractivity contribution in [1.29, 1.82) is 0 Å². The maximum Gasteiger partial charge on any atom is 0.277 e. The molecule has 3 aromatic carbocycles. The molecule has 1 heterocycles. The molecule has 4 aromatic rings. The van der Waals surface area contributed by atoms with Crippen molar-refractivity contribution in [2.75, 3.05) is 5.75 Å². The maximum absolute atomic E-state index is 13.0. The zero-order valence-electron chi connectivity index (χ0n) is 17.6. The summed E-state index contributed by atoms with van der Waals surface area (Å²) in [5.41, 5.74) is 1.06.